The summed E-state index contributed by atoms with van der Waals surface area (Å²) in [6.45, 7) is 7.15. The fraction of sp³-hybridized carbons (Fsp3) is 0.636. The summed E-state index contributed by atoms with van der Waals surface area (Å²) in [6, 6.07) is 11.0. The van der Waals surface area contributed by atoms with Crippen LogP contribution in [0, 0.1) is 0 Å². The van der Waals surface area contributed by atoms with E-state index in [9.17, 15) is 5.11 Å². The average Bonchev–Trinajstić information content (AvgIpc) is 2.52. The quantitative estimate of drug-likeness (QED) is 0.598. The van der Waals surface area contributed by atoms with Gasteiger partial charge in [0, 0.05) is 5.54 Å². The predicted octanol–water partition coefficient (Wildman–Crippen LogP) is 1.89. The minimum Gasteiger partial charge on any atom is -0.850 e. The van der Waals surface area contributed by atoms with E-state index in [1.807, 2.05) is 0 Å². The van der Waals surface area contributed by atoms with Gasteiger partial charge in [-0.2, -0.15) is 0 Å². The molecular formula is C22H36KNO. The Kier molecular flexibility index (Phi) is 12.3. The molecule has 1 aliphatic carbocycles. The summed E-state index contributed by atoms with van der Waals surface area (Å²) in [6.07, 6.45) is 10.0. The summed E-state index contributed by atoms with van der Waals surface area (Å²) in [5.74, 6) is 0. The van der Waals surface area contributed by atoms with Crippen molar-refractivity contribution in [1.82, 2.24) is 4.90 Å². The average molecular weight is 370 g/mol. The first kappa shape index (κ1) is 25.5. The molecule has 0 spiro atoms. The molecule has 1 fully saturated rings. The van der Waals surface area contributed by atoms with Crippen molar-refractivity contribution >= 4 is 0 Å². The maximum atomic E-state index is 10.1. The molecule has 1 aromatic rings. The third-order valence-corrected chi connectivity index (χ3v) is 4.61. The molecule has 0 radical (unpaired) electrons. The van der Waals surface area contributed by atoms with Gasteiger partial charge in [0.25, 0.3) is 0 Å². The summed E-state index contributed by atoms with van der Waals surface area (Å²) in [7, 11) is 4.46. The molecule has 3 heteroatoms. The van der Waals surface area contributed by atoms with Crippen LogP contribution in [-0.4, -0.2) is 24.6 Å². The second-order valence-electron chi connectivity index (χ2n) is 8.06. The molecule has 25 heavy (non-hydrogen) atoms. The maximum Gasteiger partial charge on any atom is 1.00 e. The van der Waals surface area contributed by atoms with Gasteiger partial charge >= 0.3 is 51.4 Å². The van der Waals surface area contributed by atoms with Crippen LogP contribution in [-0.2, 0) is 5.54 Å². The Hall–Kier alpha value is 0.516. The number of rotatable bonds is 4. The fourth-order valence-electron chi connectivity index (χ4n) is 3.28. The molecule has 0 unspecified atom stereocenters. The van der Waals surface area contributed by atoms with Crippen LogP contribution in [0.3, 0.4) is 0 Å². The van der Waals surface area contributed by atoms with Crippen LogP contribution in [0.25, 0.3) is 0 Å². The zero-order chi connectivity index (χ0) is 18.2. The number of hydrogen-bond acceptors (Lipinski definition) is 2. The van der Waals surface area contributed by atoms with Crippen molar-refractivity contribution in [2.75, 3.05) is 14.1 Å². The van der Waals surface area contributed by atoms with Crippen LogP contribution < -0.4 is 56.5 Å². The van der Waals surface area contributed by atoms with E-state index in [1.54, 1.807) is 26.3 Å². The summed E-state index contributed by atoms with van der Waals surface area (Å²) >= 11 is 0. The van der Waals surface area contributed by atoms with Gasteiger partial charge in [0.05, 0.1) is 0 Å². The third kappa shape index (κ3) is 9.32. The molecule has 0 amide bonds. The number of unbranched alkanes of at least 4 members (excludes halogenated alkanes) is 1. The van der Waals surface area contributed by atoms with Crippen LogP contribution in [0.2, 0.25) is 0 Å². The van der Waals surface area contributed by atoms with Gasteiger partial charge in [-0.05, 0) is 51.8 Å². The molecule has 1 aromatic carbocycles. The standard InChI is InChI=1S/C18H27N.C4H9O.K/c1-4-5-9-16-12-14-18(15-13-16,19(2)3)17-10-7-6-8-11-17;1-4(2,3)5;/h6-11H,4-5,12-15H2,1-3H3;1-3H3;/q;-1;+1. The molecule has 1 saturated carbocycles. The Morgan fingerprint density at radius 3 is 1.96 bits per heavy atom. The van der Waals surface area contributed by atoms with Gasteiger partial charge in [0.1, 0.15) is 0 Å². The van der Waals surface area contributed by atoms with Crippen LogP contribution in [0.15, 0.2) is 42.0 Å². The van der Waals surface area contributed by atoms with Gasteiger partial charge in [-0.15, -0.1) is 5.60 Å². The summed E-state index contributed by atoms with van der Waals surface area (Å²) in [5, 5.41) is 10.1. The SMILES string of the molecule is CC(C)(C)[O-].CCCC=C1CCC(c2ccccc2)(N(C)C)CC1.[K+]. The molecule has 2 rings (SSSR count). The van der Waals surface area contributed by atoms with Gasteiger partial charge in [0.2, 0.25) is 0 Å². The summed E-state index contributed by atoms with van der Waals surface area (Å²) in [4.78, 5) is 2.43. The van der Waals surface area contributed by atoms with Crippen molar-refractivity contribution in [2.24, 2.45) is 0 Å². The van der Waals surface area contributed by atoms with Gasteiger partial charge in [-0.1, -0.05) is 76.1 Å². The maximum absolute atomic E-state index is 10.1. The number of benzene rings is 1. The van der Waals surface area contributed by atoms with Crippen molar-refractivity contribution in [3.63, 3.8) is 0 Å². The predicted molar refractivity (Wildman–Crippen MR) is 103 cm³/mol. The second-order valence-corrected chi connectivity index (χ2v) is 8.06. The topological polar surface area (TPSA) is 26.3 Å². The number of allylic oxidation sites excluding steroid dienone is 2. The first-order valence-electron chi connectivity index (χ1n) is 9.30. The summed E-state index contributed by atoms with van der Waals surface area (Å²) < 4.78 is 0. The normalized spacial score (nSPS) is 20.4. The molecule has 1 aliphatic rings. The second kappa shape index (κ2) is 12.1. The molecule has 0 bridgehead atoms. The Bertz CT molecular complexity index is 487. The van der Waals surface area contributed by atoms with E-state index in [0.29, 0.717) is 0 Å². The zero-order valence-electron chi connectivity index (χ0n) is 17.6. The van der Waals surface area contributed by atoms with E-state index >= 15 is 0 Å². The monoisotopic (exact) mass is 369 g/mol. The first-order chi connectivity index (χ1) is 11.2. The smallest absolute Gasteiger partial charge is 0.850 e. The molecular weight excluding hydrogens is 333 g/mol. The van der Waals surface area contributed by atoms with Crippen molar-refractivity contribution in [1.29, 1.82) is 0 Å². The number of hydrogen-bond donors (Lipinski definition) is 0. The molecule has 0 atom stereocenters. The zero-order valence-corrected chi connectivity index (χ0v) is 20.7. The van der Waals surface area contributed by atoms with Crippen molar-refractivity contribution < 1.29 is 56.5 Å². The van der Waals surface area contributed by atoms with E-state index in [4.69, 9.17) is 0 Å². The van der Waals surface area contributed by atoms with Crippen LogP contribution in [0.4, 0.5) is 0 Å². The van der Waals surface area contributed by atoms with E-state index in [1.165, 1.54) is 44.1 Å². The van der Waals surface area contributed by atoms with E-state index in [2.05, 4.69) is 62.3 Å². The molecule has 0 N–H and O–H groups in total. The Morgan fingerprint density at radius 1 is 1.08 bits per heavy atom. The Balaban J connectivity index is 0.000000848. The van der Waals surface area contributed by atoms with Gasteiger partial charge in [-0.3, -0.25) is 4.90 Å². The van der Waals surface area contributed by atoms with E-state index in [0.717, 1.165) is 0 Å². The van der Waals surface area contributed by atoms with Crippen molar-refractivity contribution in [3.05, 3.63) is 47.5 Å². The largest absolute Gasteiger partial charge is 1.00 e. The van der Waals surface area contributed by atoms with Gasteiger partial charge in [0.15, 0.2) is 0 Å². The van der Waals surface area contributed by atoms with Crippen LogP contribution in [0.1, 0.15) is 71.8 Å². The first-order valence-corrected chi connectivity index (χ1v) is 9.30. The van der Waals surface area contributed by atoms with Gasteiger partial charge in [-0.25, -0.2) is 0 Å². The van der Waals surface area contributed by atoms with Crippen molar-refractivity contribution in [2.45, 2.75) is 77.4 Å². The molecule has 0 heterocycles. The minimum atomic E-state index is -0.750. The molecule has 2 nitrogen and oxygen atoms in total. The molecule has 0 aliphatic heterocycles. The van der Waals surface area contributed by atoms with E-state index < -0.39 is 5.60 Å². The Morgan fingerprint density at radius 2 is 1.56 bits per heavy atom. The van der Waals surface area contributed by atoms with Crippen molar-refractivity contribution in [3.8, 4) is 0 Å². The minimum absolute atomic E-state index is 0. The third-order valence-electron chi connectivity index (χ3n) is 4.61. The van der Waals surface area contributed by atoms with E-state index in [-0.39, 0.29) is 56.9 Å². The fourth-order valence-corrected chi connectivity index (χ4v) is 3.28. The Labute approximate surface area is 198 Å². The summed E-state index contributed by atoms with van der Waals surface area (Å²) in [5.41, 5.74) is 2.65. The molecule has 136 valence electrons. The van der Waals surface area contributed by atoms with Gasteiger partial charge < -0.3 is 5.11 Å². The van der Waals surface area contributed by atoms with Crippen LogP contribution in [0.5, 0.6) is 0 Å². The van der Waals surface area contributed by atoms with Crippen LogP contribution >= 0.6 is 0 Å². The molecule has 0 aromatic heterocycles. The number of nitrogens with zero attached hydrogens (tertiary/aromatic N) is 1. The molecule has 0 saturated heterocycles.